The molecule has 0 radical (unpaired) electrons. The minimum atomic E-state index is -0.476. The van der Waals surface area contributed by atoms with Crippen LogP contribution < -0.4 is 5.76 Å². The van der Waals surface area contributed by atoms with E-state index in [0.717, 1.165) is 0 Å². The Hall–Kier alpha value is -1.58. The van der Waals surface area contributed by atoms with Crippen molar-refractivity contribution in [1.29, 1.82) is 0 Å². The number of nitrogens with zero attached hydrogens (tertiary/aromatic N) is 1. The summed E-state index contributed by atoms with van der Waals surface area (Å²) in [6.07, 6.45) is 0. The minimum absolute atomic E-state index is 0.376. The van der Waals surface area contributed by atoms with Crippen LogP contribution in [-0.4, -0.2) is 4.57 Å². The van der Waals surface area contributed by atoms with Crippen LogP contribution in [0.2, 0.25) is 0 Å². The molecule has 0 unspecified atom stereocenters. The van der Waals surface area contributed by atoms with Gasteiger partial charge in [-0.05, 0) is 12.1 Å². The van der Waals surface area contributed by atoms with Crippen molar-refractivity contribution >= 4 is 11.1 Å². The van der Waals surface area contributed by atoms with Crippen LogP contribution in [0.4, 0.5) is 4.39 Å². The summed E-state index contributed by atoms with van der Waals surface area (Å²) in [5, 5.41) is 0. The van der Waals surface area contributed by atoms with Crippen LogP contribution >= 0.6 is 0 Å². The summed E-state index contributed by atoms with van der Waals surface area (Å²) in [5.74, 6) is -0.852. The van der Waals surface area contributed by atoms with Crippen LogP contribution in [0.25, 0.3) is 11.1 Å². The molecule has 1 aromatic carbocycles. The van der Waals surface area contributed by atoms with Gasteiger partial charge in [-0.2, -0.15) is 0 Å². The van der Waals surface area contributed by atoms with Gasteiger partial charge in [-0.1, -0.05) is 13.8 Å². The molecule has 0 bridgehead atoms. The molecule has 0 aliphatic carbocycles. The Balaban J connectivity index is 0.000000461. The molecule has 2 aromatic rings. The van der Waals surface area contributed by atoms with E-state index in [1.54, 1.807) is 0 Å². The monoisotopic (exact) mass is 197 g/mol. The molecular formula is C10H12FNO2. The maximum atomic E-state index is 12.7. The second kappa shape index (κ2) is 4.09. The van der Waals surface area contributed by atoms with Gasteiger partial charge in [0.2, 0.25) is 0 Å². The lowest BCUT2D eigenvalue weighted by Gasteiger charge is -1.89. The van der Waals surface area contributed by atoms with Crippen LogP contribution in [0, 0.1) is 5.82 Å². The lowest BCUT2D eigenvalue weighted by molar-refractivity contribution is 0.528. The van der Waals surface area contributed by atoms with Crippen LogP contribution in [0.3, 0.4) is 0 Å². The Morgan fingerprint density at radius 3 is 2.64 bits per heavy atom. The third kappa shape index (κ3) is 1.69. The van der Waals surface area contributed by atoms with Gasteiger partial charge in [0.15, 0.2) is 5.58 Å². The SMILES string of the molecule is CC.Cn1c(=O)oc2ccc(F)cc21. The second-order valence-electron chi connectivity index (χ2n) is 2.54. The van der Waals surface area contributed by atoms with Gasteiger partial charge in [0, 0.05) is 13.1 Å². The van der Waals surface area contributed by atoms with E-state index in [0.29, 0.717) is 11.1 Å². The van der Waals surface area contributed by atoms with Gasteiger partial charge < -0.3 is 4.42 Å². The van der Waals surface area contributed by atoms with E-state index in [-0.39, 0.29) is 5.82 Å². The van der Waals surface area contributed by atoms with E-state index < -0.39 is 5.76 Å². The number of halogens is 1. The third-order valence-corrected chi connectivity index (χ3v) is 1.75. The lowest BCUT2D eigenvalue weighted by atomic mass is 10.3. The van der Waals surface area contributed by atoms with Crippen molar-refractivity contribution in [3.63, 3.8) is 0 Å². The molecule has 0 fully saturated rings. The van der Waals surface area contributed by atoms with E-state index in [4.69, 9.17) is 4.42 Å². The molecule has 0 saturated carbocycles. The van der Waals surface area contributed by atoms with E-state index in [2.05, 4.69) is 0 Å². The molecule has 2 rings (SSSR count). The zero-order chi connectivity index (χ0) is 10.7. The number of benzene rings is 1. The van der Waals surface area contributed by atoms with Gasteiger partial charge in [0.1, 0.15) is 5.82 Å². The number of oxazole rings is 1. The van der Waals surface area contributed by atoms with Crippen LogP contribution in [-0.2, 0) is 7.05 Å². The molecule has 0 saturated heterocycles. The predicted molar refractivity (Wildman–Crippen MR) is 52.8 cm³/mol. The minimum Gasteiger partial charge on any atom is -0.408 e. The first-order valence-electron chi connectivity index (χ1n) is 4.43. The van der Waals surface area contributed by atoms with Gasteiger partial charge in [-0.15, -0.1) is 0 Å². The molecule has 1 aromatic heterocycles. The Morgan fingerprint density at radius 1 is 1.36 bits per heavy atom. The quantitative estimate of drug-likeness (QED) is 0.649. The topological polar surface area (TPSA) is 35.1 Å². The summed E-state index contributed by atoms with van der Waals surface area (Å²) in [6.45, 7) is 4.00. The van der Waals surface area contributed by atoms with Crippen LogP contribution in [0.5, 0.6) is 0 Å². The Kier molecular flexibility index (Phi) is 3.06. The number of hydrogen-bond donors (Lipinski definition) is 0. The highest BCUT2D eigenvalue weighted by Crippen LogP contribution is 2.12. The molecule has 0 amide bonds. The highest BCUT2D eigenvalue weighted by Gasteiger charge is 2.05. The molecular weight excluding hydrogens is 185 g/mol. The first-order chi connectivity index (χ1) is 6.68. The molecule has 0 aliphatic rings. The Morgan fingerprint density at radius 2 is 2.00 bits per heavy atom. The van der Waals surface area contributed by atoms with Crippen molar-refractivity contribution in [1.82, 2.24) is 4.57 Å². The zero-order valence-electron chi connectivity index (χ0n) is 8.37. The molecule has 0 aliphatic heterocycles. The fraction of sp³-hybridized carbons (Fsp3) is 0.300. The van der Waals surface area contributed by atoms with Crippen molar-refractivity contribution in [3.8, 4) is 0 Å². The van der Waals surface area contributed by atoms with Crippen molar-refractivity contribution < 1.29 is 8.81 Å². The molecule has 14 heavy (non-hydrogen) atoms. The Labute approximate surface area is 80.8 Å². The average molecular weight is 197 g/mol. The fourth-order valence-electron chi connectivity index (χ4n) is 1.10. The van der Waals surface area contributed by atoms with Gasteiger partial charge in [0.25, 0.3) is 0 Å². The third-order valence-electron chi connectivity index (χ3n) is 1.75. The lowest BCUT2D eigenvalue weighted by Crippen LogP contribution is -2.08. The van der Waals surface area contributed by atoms with Gasteiger partial charge in [0.05, 0.1) is 5.52 Å². The second-order valence-corrected chi connectivity index (χ2v) is 2.54. The van der Waals surface area contributed by atoms with Gasteiger partial charge in [-0.25, -0.2) is 9.18 Å². The van der Waals surface area contributed by atoms with E-state index in [1.165, 1.54) is 29.8 Å². The summed E-state index contributed by atoms with van der Waals surface area (Å²) >= 11 is 0. The molecule has 3 nitrogen and oxygen atoms in total. The standard InChI is InChI=1S/C8H6FNO2.C2H6/c1-10-6-4-5(9)2-3-7(6)12-8(10)11;1-2/h2-4H,1H3;1-2H3. The summed E-state index contributed by atoms with van der Waals surface area (Å²) in [5.41, 5.74) is 0.879. The number of aromatic nitrogens is 1. The fourth-order valence-corrected chi connectivity index (χ4v) is 1.10. The maximum absolute atomic E-state index is 12.7. The summed E-state index contributed by atoms with van der Waals surface area (Å²) in [7, 11) is 1.54. The van der Waals surface area contributed by atoms with E-state index in [1.807, 2.05) is 13.8 Å². The zero-order valence-corrected chi connectivity index (χ0v) is 8.37. The molecule has 0 atom stereocenters. The van der Waals surface area contributed by atoms with Crippen LogP contribution in [0.15, 0.2) is 27.4 Å². The average Bonchev–Trinajstić information content (AvgIpc) is 2.48. The normalized spacial score (nSPS) is 9.71. The number of aryl methyl sites for hydroxylation is 1. The molecule has 4 heteroatoms. The predicted octanol–water partition coefficient (Wildman–Crippen LogP) is 2.30. The summed E-state index contributed by atoms with van der Waals surface area (Å²) in [4.78, 5) is 10.9. The number of rotatable bonds is 0. The molecule has 1 heterocycles. The summed E-state index contributed by atoms with van der Waals surface area (Å²) in [6, 6.07) is 3.96. The smallest absolute Gasteiger partial charge is 0.408 e. The highest BCUT2D eigenvalue weighted by atomic mass is 19.1. The van der Waals surface area contributed by atoms with Crippen molar-refractivity contribution in [3.05, 3.63) is 34.6 Å². The highest BCUT2D eigenvalue weighted by molar-refractivity contribution is 5.72. The first-order valence-corrected chi connectivity index (χ1v) is 4.43. The van der Waals surface area contributed by atoms with Gasteiger partial charge in [-0.3, -0.25) is 4.57 Å². The van der Waals surface area contributed by atoms with E-state index in [9.17, 15) is 9.18 Å². The van der Waals surface area contributed by atoms with Crippen molar-refractivity contribution in [2.75, 3.05) is 0 Å². The number of fused-ring (bicyclic) bond motifs is 1. The number of hydrogen-bond acceptors (Lipinski definition) is 2. The van der Waals surface area contributed by atoms with Gasteiger partial charge >= 0.3 is 5.76 Å². The maximum Gasteiger partial charge on any atom is 0.419 e. The molecule has 76 valence electrons. The first kappa shape index (κ1) is 10.5. The van der Waals surface area contributed by atoms with Crippen LogP contribution in [0.1, 0.15) is 13.8 Å². The molecule has 0 N–H and O–H groups in total. The van der Waals surface area contributed by atoms with Crippen molar-refractivity contribution in [2.45, 2.75) is 13.8 Å². The van der Waals surface area contributed by atoms with E-state index >= 15 is 0 Å². The van der Waals surface area contributed by atoms with Crippen molar-refractivity contribution in [2.24, 2.45) is 7.05 Å². The summed E-state index contributed by atoms with van der Waals surface area (Å²) < 4.78 is 18.7. The Bertz CT molecular complexity index is 484. The largest absolute Gasteiger partial charge is 0.419 e. The molecule has 0 spiro atoms.